The van der Waals surface area contributed by atoms with Gasteiger partial charge in [-0.05, 0) is 63.4 Å². The quantitative estimate of drug-likeness (QED) is 0.386. The van der Waals surface area contributed by atoms with Crippen molar-refractivity contribution in [2.45, 2.75) is 56.7 Å². The fourth-order valence-electron chi connectivity index (χ4n) is 5.54. The summed E-state index contributed by atoms with van der Waals surface area (Å²) in [6, 6.07) is 4.78. The molecule has 40 heavy (non-hydrogen) atoms. The summed E-state index contributed by atoms with van der Waals surface area (Å²) in [6.45, 7) is 0.581. The smallest absolute Gasteiger partial charge is 0.326 e. The molecule has 1 saturated carbocycles. The highest BCUT2D eigenvalue weighted by Crippen LogP contribution is 2.40. The number of aromatic nitrogens is 1. The van der Waals surface area contributed by atoms with Crippen LogP contribution in [0.4, 0.5) is 5.69 Å². The summed E-state index contributed by atoms with van der Waals surface area (Å²) in [5, 5.41) is 15.5. The molecule has 2 atom stereocenters. The fraction of sp³-hybridized carbons (Fsp3) is 0.464. The van der Waals surface area contributed by atoms with E-state index in [2.05, 4.69) is 15.6 Å². The lowest BCUT2D eigenvalue weighted by molar-refractivity contribution is -0.155. The second-order valence-electron chi connectivity index (χ2n) is 10.6. The lowest BCUT2D eigenvalue weighted by atomic mass is 9.74. The number of amides is 3. The van der Waals surface area contributed by atoms with Gasteiger partial charge in [0.25, 0.3) is 5.91 Å². The Kier molecular flexibility index (Phi) is 9.65. The highest BCUT2D eigenvalue weighted by molar-refractivity contribution is 6.40. The van der Waals surface area contributed by atoms with Crippen LogP contribution in [0.25, 0.3) is 0 Å². The van der Waals surface area contributed by atoms with Crippen LogP contribution >= 0.6 is 23.2 Å². The Hall–Kier alpha value is -3.21. The lowest BCUT2D eigenvalue weighted by Crippen LogP contribution is -2.64. The number of nitrogens with one attached hydrogen (secondary N) is 2. The van der Waals surface area contributed by atoms with Gasteiger partial charge >= 0.3 is 5.97 Å². The maximum absolute atomic E-state index is 13.5. The van der Waals surface area contributed by atoms with Crippen molar-refractivity contribution in [3.8, 4) is 0 Å². The second kappa shape index (κ2) is 13.0. The first-order chi connectivity index (χ1) is 19.0. The van der Waals surface area contributed by atoms with Crippen LogP contribution in [0.5, 0.6) is 0 Å². The molecule has 2 bridgehead atoms. The molecule has 2 aromatic rings. The van der Waals surface area contributed by atoms with Crippen molar-refractivity contribution in [2.75, 3.05) is 26.0 Å². The number of carbonyl (C=O) groups is 4. The number of hydrogen-bond donors (Lipinski definition) is 3. The van der Waals surface area contributed by atoms with E-state index in [4.69, 9.17) is 23.2 Å². The molecule has 2 aliphatic heterocycles. The van der Waals surface area contributed by atoms with Crippen molar-refractivity contribution in [2.24, 2.45) is 5.92 Å². The largest absolute Gasteiger partial charge is 0.480 e. The first kappa shape index (κ1) is 29.8. The zero-order valence-electron chi connectivity index (χ0n) is 22.4. The Balaban J connectivity index is 1.42. The number of carboxylic acid groups (broad SMARTS) is 1. The third kappa shape index (κ3) is 6.92. The number of benzene rings is 1. The Morgan fingerprint density at radius 3 is 2.25 bits per heavy atom. The maximum Gasteiger partial charge on any atom is 0.326 e. The van der Waals surface area contributed by atoms with Gasteiger partial charge < -0.3 is 25.5 Å². The van der Waals surface area contributed by atoms with Crippen molar-refractivity contribution in [1.29, 1.82) is 0 Å². The number of pyridine rings is 1. The Morgan fingerprint density at radius 2 is 1.68 bits per heavy atom. The summed E-state index contributed by atoms with van der Waals surface area (Å²) in [4.78, 5) is 58.8. The van der Waals surface area contributed by atoms with E-state index in [9.17, 15) is 24.3 Å². The van der Waals surface area contributed by atoms with Gasteiger partial charge in [0.2, 0.25) is 11.8 Å². The molecule has 3 N–H and O–H groups in total. The second-order valence-corrected chi connectivity index (χ2v) is 11.4. The number of halogens is 2. The molecule has 3 aliphatic rings. The summed E-state index contributed by atoms with van der Waals surface area (Å²) in [5.41, 5.74) is 1.20. The van der Waals surface area contributed by atoms with E-state index in [0.717, 1.165) is 25.7 Å². The van der Waals surface area contributed by atoms with Gasteiger partial charge in [0, 0.05) is 43.5 Å². The molecule has 1 aromatic heterocycles. The van der Waals surface area contributed by atoms with Crippen LogP contribution in [0.2, 0.25) is 10.0 Å². The molecule has 0 radical (unpaired) electrons. The molecular weight excluding hydrogens is 557 g/mol. The van der Waals surface area contributed by atoms with Gasteiger partial charge in [-0.25, -0.2) is 4.79 Å². The highest BCUT2D eigenvalue weighted by Gasteiger charge is 2.47. The molecule has 0 unspecified atom stereocenters. The Labute approximate surface area is 243 Å². The minimum absolute atomic E-state index is 0.0124. The number of nitrogens with zero attached hydrogens (tertiary/aromatic N) is 3. The zero-order valence-corrected chi connectivity index (χ0v) is 23.9. The van der Waals surface area contributed by atoms with Crippen LogP contribution in [0, 0.1) is 5.92 Å². The van der Waals surface area contributed by atoms with Crippen molar-refractivity contribution in [3.05, 3.63) is 57.8 Å². The lowest BCUT2D eigenvalue weighted by Gasteiger charge is -2.50. The van der Waals surface area contributed by atoms with Gasteiger partial charge in [0.15, 0.2) is 0 Å². The standard InChI is InChI=1S/C28H33Cl2N5O5/c1-34(2)12-11-23(36)35-19-9-5-17(6-10-19)25(35)27(38)33-22(28(39)40)13-16-3-7-18(8-4-16)32-26(37)24-20(29)14-31-15-21(24)30/h3-4,7-8,14-15,17,19,22,25H,5-6,9-13H2,1-2H3,(H,32,37)(H,33,38)(H,39,40)/t17?,19?,22-,25-/m0/s1. The molecular formula is C28H33Cl2N5O5. The number of piperidine rings is 2. The third-order valence-electron chi connectivity index (χ3n) is 7.56. The van der Waals surface area contributed by atoms with E-state index in [1.54, 1.807) is 29.2 Å². The monoisotopic (exact) mass is 589 g/mol. The number of aliphatic carboxylic acids is 1. The number of carbonyl (C=O) groups excluding carboxylic acids is 3. The molecule has 214 valence electrons. The predicted molar refractivity (Wildman–Crippen MR) is 151 cm³/mol. The topological polar surface area (TPSA) is 132 Å². The van der Waals surface area contributed by atoms with Gasteiger partial charge in [-0.1, -0.05) is 35.3 Å². The average Bonchev–Trinajstić information content (AvgIpc) is 2.92. The summed E-state index contributed by atoms with van der Waals surface area (Å²) in [7, 11) is 3.79. The van der Waals surface area contributed by atoms with Gasteiger partial charge in [-0.15, -0.1) is 0 Å². The van der Waals surface area contributed by atoms with E-state index >= 15 is 0 Å². The minimum atomic E-state index is -1.18. The van der Waals surface area contributed by atoms with Gasteiger partial charge in [-0.2, -0.15) is 0 Å². The van der Waals surface area contributed by atoms with Crippen LogP contribution < -0.4 is 10.6 Å². The molecule has 1 aromatic carbocycles. The van der Waals surface area contributed by atoms with E-state index < -0.39 is 29.9 Å². The maximum atomic E-state index is 13.5. The molecule has 3 amide bonds. The molecule has 0 spiro atoms. The minimum Gasteiger partial charge on any atom is -0.480 e. The first-order valence-corrected chi connectivity index (χ1v) is 14.0. The highest BCUT2D eigenvalue weighted by atomic mass is 35.5. The van der Waals surface area contributed by atoms with E-state index in [1.807, 2.05) is 19.0 Å². The van der Waals surface area contributed by atoms with Crippen LogP contribution in [0.15, 0.2) is 36.7 Å². The summed E-state index contributed by atoms with van der Waals surface area (Å²) in [6.07, 6.45) is 6.42. The number of rotatable bonds is 10. The van der Waals surface area contributed by atoms with Crippen LogP contribution in [0.1, 0.15) is 48.0 Å². The molecule has 5 rings (SSSR count). The molecule has 12 heteroatoms. The van der Waals surface area contributed by atoms with E-state index in [1.165, 1.54) is 12.4 Å². The van der Waals surface area contributed by atoms with Crippen LogP contribution in [-0.2, 0) is 20.8 Å². The number of hydrogen-bond acceptors (Lipinski definition) is 6. The van der Waals surface area contributed by atoms with Crippen molar-refractivity contribution in [3.63, 3.8) is 0 Å². The normalized spacial score (nSPS) is 20.7. The van der Waals surface area contributed by atoms with E-state index in [0.29, 0.717) is 24.2 Å². The van der Waals surface area contributed by atoms with E-state index in [-0.39, 0.29) is 39.9 Å². The third-order valence-corrected chi connectivity index (χ3v) is 8.13. The molecule has 1 aliphatic carbocycles. The summed E-state index contributed by atoms with van der Waals surface area (Å²) in [5.74, 6) is -2.14. The number of carboxylic acids is 1. The summed E-state index contributed by atoms with van der Waals surface area (Å²) >= 11 is 12.1. The zero-order chi connectivity index (χ0) is 29.0. The number of fused-ring (bicyclic) bond motifs is 3. The van der Waals surface area contributed by atoms with Gasteiger partial charge in [0.1, 0.15) is 12.1 Å². The van der Waals surface area contributed by atoms with Crippen molar-refractivity contribution in [1.82, 2.24) is 20.1 Å². The van der Waals surface area contributed by atoms with Crippen LogP contribution in [-0.4, -0.2) is 82.3 Å². The van der Waals surface area contributed by atoms with Crippen molar-refractivity contribution >= 4 is 52.6 Å². The van der Waals surface area contributed by atoms with Gasteiger partial charge in [0.05, 0.1) is 15.6 Å². The first-order valence-electron chi connectivity index (χ1n) is 13.2. The van der Waals surface area contributed by atoms with Gasteiger partial charge in [-0.3, -0.25) is 19.4 Å². The summed E-state index contributed by atoms with van der Waals surface area (Å²) < 4.78 is 0. The Bertz CT molecular complexity index is 1240. The number of anilines is 1. The van der Waals surface area contributed by atoms with Crippen LogP contribution in [0.3, 0.4) is 0 Å². The average molecular weight is 591 g/mol. The van der Waals surface area contributed by atoms with Crippen molar-refractivity contribution < 1.29 is 24.3 Å². The fourth-order valence-corrected chi connectivity index (χ4v) is 6.07. The SMILES string of the molecule is CN(C)CCC(=O)N1C2CCC(CC2)[C@H]1C(=O)N[C@@H](Cc1ccc(NC(=O)c2c(Cl)cncc2Cl)cc1)C(=O)O. The molecule has 3 fully saturated rings. The Morgan fingerprint density at radius 1 is 1.05 bits per heavy atom. The molecule has 3 heterocycles. The molecule has 10 nitrogen and oxygen atoms in total. The molecule has 2 saturated heterocycles. The predicted octanol–water partition coefficient (Wildman–Crippen LogP) is 3.47.